The van der Waals surface area contributed by atoms with Gasteiger partial charge in [-0.2, -0.15) is 0 Å². The quantitative estimate of drug-likeness (QED) is 0.421. The zero-order chi connectivity index (χ0) is 22.7. The van der Waals surface area contributed by atoms with Gasteiger partial charge in [-0.1, -0.05) is 19.1 Å². The lowest BCUT2D eigenvalue weighted by molar-refractivity contribution is -0.151. The molecular weight excluding hydrogens is 405 g/mol. The van der Waals surface area contributed by atoms with Crippen molar-refractivity contribution in [3.8, 4) is 0 Å². The van der Waals surface area contributed by atoms with Crippen LogP contribution in [-0.2, 0) is 28.6 Å². The lowest BCUT2D eigenvalue weighted by Gasteiger charge is -2.38. The van der Waals surface area contributed by atoms with Gasteiger partial charge in [-0.05, 0) is 37.0 Å². The summed E-state index contributed by atoms with van der Waals surface area (Å²) in [5.74, 6) is -4.34. The van der Waals surface area contributed by atoms with Crippen molar-refractivity contribution in [1.82, 2.24) is 5.32 Å². The molecule has 1 aromatic carbocycles. The normalized spacial score (nSPS) is 23.3. The van der Waals surface area contributed by atoms with Crippen molar-refractivity contribution in [3.63, 3.8) is 0 Å². The lowest BCUT2D eigenvalue weighted by atomic mass is 9.69. The molecule has 2 aliphatic rings. The Kier molecular flexibility index (Phi) is 6.90. The maximum absolute atomic E-state index is 14.1. The van der Waals surface area contributed by atoms with Gasteiger partial charge in [0.05, 0.1) is 19.3 Å². The Morgan fingerprint density at radius 3 is 2.61 bits per heavy atom. The van der Waals surface area contributed by atoms with Gasteiger partial charge < -0.3 is 19.5 Å². The van der Waals surface area contributed by atoms with Crippen molar-refractivity contribution in [2.75, 3.05) is 27.4 Å². The van der Waals surface area contributed by atoms with E-state index in [0.717, 1.165) is 0 Å². The molecular formula is C23H26FNO6. The fraction of sp³-hybridized carbons (Fsp3) is 0.435. The Morgan fingerprint density at radius 2 is 1.97 bits per heavy atom. The van der Waals surface area contributed by atoms with Crippen LogP contribution < -0.4 is 5.32 Å². The highest BCUT2D eigenvalue weighted by Gasteiger charge is 2.47. The van der Waals surface area contributed by atoms with E-state index in [1.165, 1.54) is 32.4 Å². The SMILES string of the molecule is COCCOC(=O)C1=C(C)NC2=C(C(=O)[C@H](C(=O)OC)[C@@H](C)C2)[C@H]1c1cccc(F)c1. The van der Waals surface area contributed by atoms with E-state index in [1.807, 2.05) is 0 Å². The first-order chi connectivity index (χ1) is 14.8. The summed E-state index contributed by atoms with van der Waals surface area (Å²) in [4.78, 5) is 38.8. The van der Waals surface area contributed by atoms with Crippen LogP contribution in [0.4, 0.5) is 4.39 Å². The van der Waals surface area contributed by atoms with E-state index < -0.39 is 35.4 Å². The number of esters is 2. The number of carbonyl (C=O) groups excluding carboxylic acids is 3. The number of halogens is 1. The van der Waals surface area contributed by atoms with E-state index in [-0.39, 0.29) is 30.3 Å². The molecule has 0 saturated carbocycles. The number of hydrogen-bond donors (Lipinski definition) is 1. The van der Waals surface area contributed by atoms with Gasteiger partial charge in [-0.25, -0.2) is 9.18 Å². The van der Waals surface area contributed by atoms with E-state index >= 15 is 0 Å². The molecule has 3 rings (SSSR count). The zero-order valence-electron chi connectivity index (χ0n) is 18.0. The first-order valence-electron chi connectivity index (χ1n) is 10.0. The number of carbonyl (C=O) groups is 3. The summed E-state index contributed by atoms with van der Waals surface area (Å²) in [6.07, 6.45) is 0.413. The second kappa shape index (κ2) is 9.43. The van der Waals surface area contributed by atoms with Crippen LogP contribution in [0.5, 0.6) is 0 Å². The minimum absolute atomic E-state index is 0.0314. The molecule has 0 fully saturated rings. The van der Waals surface area contributed by atoms with Crippen LogP contribution in [0.2, 0.25) is 0 Å². The van der Waals surface area contributed by atoms with Gasteiger partial charge >= 0.3 is 11.9 Å². The van der Waals surface area contributed by atoms with Crippen molar-refractivity contribution in [3.05, 3.63) is 58.2 Å². The molecule has 1 aliphatic heterocycles. The smallest absolute Gasteiger partial charge is 0.336 e. The topological polar surface area (TPSA) is 90.9 Å². The van der Waals surface area contributed by atoms with E-state index in [9.17, 15) is 18.8 Å². The minimum atomic E-state index is -0.995. The van der Waals surface area contributed by atoms with Gasteiger partial charge in [0.15, 0.2) is 5.78 Å². The molecule has 31 heavy (non-hydrogen) atoms. The van der Waals surface area contributed by atoms with Crippen LogP contribution in [0.25, 0.3) is 0 Å². The van der Waals surface area contributed by atoms with E-state index in [0.29, 0.717) is 23.4 Å². The summed E-state index contributed by atoms with van der Waals surface area (Å²) in [7, 11) is 2.72. The molecule has 0 saturated heterocycles. The number of ketones is 1. The van der Waals surface area contributed by atoms with Crippen molar-refractivity contribution >= 4 is 17.7 Å². The van der Waals surface area contributed by atoms with Gasteiger partial charge in [0, 0.05) is 30.0 Å². The average molecular weight is 431 g/mol. The predicted octanol–water partition coefficient (Wildman–Crippen LogP) is 2.63. The average Bonchev–Trinajstić information content (AvgIpc) is 2.72. The molecule has 0 unspecified atom stereocenters. The van der Waals surface area contributed by atoms with E-state index in [4.69, 9.17) is 14.2 Å². The molecule has 1 aromatic rings. The van der Waals surface area contributed by atoms with Gasteiger partial charge in [0.25, 0.3) is 0 Å². The number of ether oxygens (including phenoxy) is 3. The Labute approximate surface area is 180 Å². The monoisotopic (exact) mass is 431 g/mol. The first kappa shape index (κ1) is 22.7. The molecule has 166 valence electrons. The molecule has 1 N–H and O–H groups in total. The minimum Gasteiger partial charge on any atom is -0.468 e. The van der Waals surface area contributed by atoms with Crippen LogP contribution in [0.1, 0.15) is 31.7 Å². The van der Waals surface area contributed by atoms with Gasteiger partial charge in [0.1, 0.15) is 18.3 Å². The Bertz CT molecular complexity index is 967. The highest BCUT2D eigenvalue weighted by Crippen LogP contribution is 2.45. The maximum atomic E-state index is 14.1. The molecule has 0 spiro atoms. The summed E-state index contributed by atoms with van der Waals surface area (Å²) in [6, 6.07) is 5.74. The third kappa shape index (κ3) is 4.39. The van der Waals surface area contributed by atoms with Gasteiger partial charge in [-0.3, -0.25) is 9.59 Å². The number of allylic oxidation sites excluding steroid dienone is 3. The molecule has 0 bridgehead atoms. The molecule has 8 heteroatoms. The molecule has 7 nitrogen and oxygen atoms in total. The number of nitrogens with one attached hydrogen (secondary N) is 1. The highest BCUT2D eigenvalue weighted by molar-refractivity contribution is 6.12. The number of benzene rings is 1. The van der Waals surface area contributed by atoms with E-state index in [1.54, 1.807) is 19.9 Å². The molecule has 0 amide bonds. The fourth-order valence-electron chi connectivity index (χ4n) is 4.27. The summed E-state index contributed by atoms with van der Waals surface area (Å²) >= 11 is 0. The van der Waals surface area contributed by atoms with Crippen LogP contribution >= 0.6 is 0 Å². The number of hydrogen-bond acceptors (Lipinski definition) is 7. The van der Waals surface area contributed by atoms with Crippen molar-refractivity contribution in [1.29, 1.82) is 0 Å². The second-order valence-corrected chi connectivity index (χ2v) is 7.72. The summed E-state index contributed by atoms with van der Waals surface area (Å²) in [6.45, 7) is 3.76. The zero-order valence-corrected chi connectivity index (χ0v) is 18.0. The Balaban J connectivity index is 2.12. The molecule has 1 aliphatic carbocycles. The predicted molar refractivity (Wildman–Crippen MR) is 109 cm³/mol. The van der Waals surface area contributed by atoms with E-state index in [2.05, 4.69) is 5.32 Å². The third-order valence-electron chi connectivity index (χ3n) is 5.67. The van der Waals surface area contributed by atoms with Gasteiger partial charge in [0.2, 0.25) is 0 Å². The first-order valence-corrected chi connectivity index (χ1v) is 10.0. The Morgan fingerprint density at radius 1 is 1.23 bits per heavy atom. The molecule has 1 heterocycles. The number of methoxy groups -OCH3 is 2. The molecule has 0 aromatic heterocycles. The largest absolute Gasteiger partial charge is 0.468 e. The van der Waals surface area contributed by atoms with Crippen LogP contribution in [-0.4, -0.2) is 45.2 Å². The third-order valence-corrected chi connectivity index (χ3v) is 5.67. The molecule has 3 atom stereocenters. The summed E-state index contributed by atoms with van der Waals surface area (Å²) in [5, 5.41) is 3.15. The van der Waals surface area contributed by atoms with Crippen molar-refractivity contribution in [2.45, 2.75) is 26.2 Å². The number of rotatable bonds is 6. The fourth-order valence-corrected chi connectivity index (χ4v) is 4.27. The van der Waals surface area contributed by atoms with Crippen molar-refractivity contribution < 1.29 is 33.0 Å². The van der Waals surface area contributed by atoms with Gasteiger partial charge in [-0.15, -0.1) is 0 Å². The summed E-state index contributed by atoms with van der Waals surface area (Å²) in [5.41, 5.74) is 2.04. The number of dihydropyridines is 1. The van der Waals surface area contributed by atoms with Crippen LogP contribution in [0.15, 0.2) is 46.8 Å². The maximum Gasteiger partial charge on any atom is 0.336 e. The van der Waals surface area contributed by atoms with Crippen molar-refractivity contribution in [2.24, 2.45) is 11.8 Å². The van der Waals surface area contributed by atoms with Crippen LogP contribution in [0, 0.1) is 17.7 Å². The summed E-state index contributed by atoms with van der Waals surface area (Å²) < 4.78 is 29.2. The lowest BCUT2D eigenvalue weighted by Crippen LogP contribution is -2.43. The highest BCUT2D eigenvalue weighted by atomic mass is 19.1. The number of Topliss-reactive ketones (excluding diaryl/α,β-unsaturated/α-hetero) is 1. The Hall–Kier alpha value is -3.00. The molecule has 0 radical (unpaired) electrons. The van der Waals surface area contributed by atoms with Crippen LogP contribution in [0.3, 0.4) is 0 Å². The standard InChI is InChI=1S/C23H26FNO6/c1-12-10-16-20(21(26)17(12)22(27)30-4)19(14-6-5-7-15(24)11-14)18(13(2)25-16)23(28)31-9-8-29-3/h5-7,11-12,17,19,25H,8-10H2,1-4H3/t12-,17+,19-/m0/s1. The second-order valence-electron chi connectivity index (χ2n) is 7.72.